The van der Waals surface area contributed by atoms with Crippen LogP contribution in [0.15, 0.2) is 21.1 Å². The van der Waals surface area contributed by atoms with Crippen molar-refractivity contribution in [3.05, 3.63) is 26.6 Å². The van der Waals surface area contributed by atoms with Gasteiger partial charge in [0.2, 0.25) is 0 Å². The highest BCUT2D eigenvalue weighted by atomic mass is 79.9. The van der Waals surface area contributed by atoms with Crippen LogP contribution in [0.2, 0.25) is 0 Å². The predicted molar refractivity (Wildman–Crippen MR) is 73.2 cm³/mol. The number of carbonyl (C=O) groups is 1. The SMILES string of the molecule is O=C(NCC1CCC1)c1cc(Br)c(O)c(Br)c1. The molecule has 1 fully saturated rings. The molecule has 0 aliphatic heterocycles. The molecule has 0 spiro atoms. The Morgan fingerprint density at radius 1 is 1.35 bits per heavy atom. The van der Waals surface area contributed by atoms with Crippen LogP contribution in [0.25, 0.3) is 0 Å². The molecule has 1 aromatic carbocycles. The number of phenolic OH excluding ortho intramolecular Hbond substituents is 1. The summed E-state index contributed by atoms with van der Waals surface area (Å²) in [6.45, 7) is 0.745. The molecule has 0 bridgehead atoms. The van der Waals surface area contributed by atoms with Crippen molar-refractivity contribution >= 4 is 37.8 Å². The Hall–Kier alpha value is -0.550. The van der Waals surface area contributed by atoms with E-state index in [1.165, 1.54) is 19.3 Å². The van der Waals surface area contributed by atoms with Crippen molar-refractivity contribution in [2.24, 2.45) is 5.92 Å². The van der Waals surface area contributed by atoms with E-state index in [-0.39, 0.29) is 11.7 Å². The van der Waals surface area contributed by atoms with Crippen LogP contribution in [0, 0.1) is 5.92 Å². The summed E-state index contributed by atoms with van der Waals surface area (Å²) in [5.41, 5.74) is 0.542. The van der Waals surface area contributed by atoms with Gasteiger partial charge in [-0.05, 0) is 62.8 Å². The Morgan fingerprint density at radius 2 is 1.94 bits per heavy atom. The molecule has 1 amide bonds. The highest BCUT2D eigenvalue weighted by molar-refractivity contribution is 9.11. The number of hydrogen-bond acceptors (Lipinski definition) is 2. The van der Waals surface area contributed by atoms with E-state index < -0.39 is 0 Å². The van der Waals surface area contributed by atoms with Gasteiger partial charge in [0.1, 0.15) is 5.75 Å². The van der Waals surface area contributed by atoms with Crippen molar-refractivity contribution < 1.29 is 9.90 Å². The smallest absolute Gasteiger partial charge is 0.251 e. The number of amides is 1. The van der Waals surface area contributed by atoms with E-state index >= 15 is 0 Å². The van der Waals surface area contributed by atoms with Crippen molar-refractivity contribution in [2.75, 3.05) is 6.54 Å². The first-order valence-corrected chi connectivity index (χ1v) is 7.12. The number of halogens is 2. The molecule has 3 nitrogen and oxygen atoms in total. The first-order chi connectivity index (χ1) is 8.08. The van der Waals surface area contributed by atoms with Crippen LogP contribution >= 0.6 is 31.9 Å². The fraction of sp³-hybridized carbons (Fsp3) is 0.417. The van der Waals surface area contributed by atoms with Gasteiger partial charge >= 0.3 is 0 Å². The molecular weight excluding hydrogens is 350 g/mol. The summed E-state index contributed by atoms with van der Waals surface area (Å²) in [5.74, 6) is 0.654. The van der Waals surface area contributed by atoms with Crippen LogP contribution < -0.4 is 5.32 Å². The quantitative estimate of drug-likeness (QED) is 0.865. The zero-order valence-electron chi connectivity index (χ0n) is 9.17. The first-order valence-electron chi connectivity index (χ1n) is 5.54. The van der Waals surface area contributed by atoms with Gasteiger partial charge in [-0.1, -0.05) is 6.42 Å². The topological polar surface area (TPSA) is 49.3 Å². The molecule has 0 saturated heterocycles. The fourth-order valence-electron chi connectivity index (χ4n) is 1.73. The predicted octanol–water partition coefficient (Wildman–Crippen LogP) is 3.45. The van der Waals surface area contributed by atoms with Crippen LogP contribution in [0.4, 0.5) is 0 Å². The second kappa shape index (κ2) is 5.40. The molecule has 17 heavy (non-hydrogen) atoms. The molecule has 1 aromatic rings. The Labute approximate surface area is 117 Å². The highest BCUT2D eigenvalue weighted by Crippen LogP contribution is 2.33. The molecule has 1 saturated carbocycles. The van der Waals surface area contributed by atoms with Gasteiger partial charge in [-0.25, -0.2) is 0 Å². The van der Waals surface area contributed by atoms with Gasteiger partial charge in [0.25, 0.3) is 5.91 Å². The lowest BCUT2D eigenvalue weighted by Crippen LogP contribution is -2.32. The van der Waals surface area contributed by atoms with Crippen molar-refractivity contribution in [2.45, 2.75) is 19.3 Å². The molecular formula is C12H13Br2NO2. The number of nitrogens with one attached hydrogen (secondary N) is 1. The van der Waals surface area contributed by atoms with Crippen molar-refractivity contribution in [1.82, 2.24) is 5.32 Å². The molecule has 2 rings (SSSR count). The van der Waals surface area contributed by atoms with Gasteiger partial charge in [0.15, 0.2) is 0 Å². The van der Waals surface area contributed by atoms with Crippen molar-refractivity contribution in [3.8, 4) is 5.75 Å². The molecule has 0 radical (unpaired) electrons. The zero-order valence-corrected chi connectivity index (χ0v) is 12.3. The summed E-state index contributed by atoms with van der Waals surface area (Å²) < 4.78 is 1.03. The number of benzene rings is 1. The van der Waals surface area contributed by atoms with E-state index in [1.54, 1.807) is 12.1 Å². The van der Waals surface area contributed by atoms with E-state index in [2.05, 4.69) is 37.2 Å². The number of rotatable bonds is 3. The Morgan fingerprint density at radius 3 is 2.41 bits per heavy atom. The lowest BCUT2D eigenvalue weighted by atomic mass is 9.85. The maximum atomic E-state index is 11.9. The van der Waals surface area contributed by atoms with Gasteiger partial charge in [-0.2, -0.15) is 0 Å². The Kier molecular flexibility index (Phi) is 4.09. The molecule has 0 unspecified atom stereocenters. The number of hydrogen-bond donors (Lipinski definition) is 2. The number of carbonyl (C=O) groups excluding carboxylic acids is 1. The van der Waals surface area contributed by atoms with Crippen LogP contribution in [-0.4, -0.2) is 17.6 Å². The largest absolute Gasteiger partial charge is 0.506 e. The van der Waals surface area contributed by atoms with E-state index in [0.29, 0.717) is 20.4 Å². The molecule has 1 aliphatic rings. The van der Waals surface area contributed by atoms with Crippen molar-refractivity contribution in [1.29, 1.82) is 0 Å². The number of phenols is 1. The summed E-state index contributed by atoms with van der Waals surface area (Å²) in [4.78, 5) is 11.9. The first kappa shape index (κ1) is 12.9. The summed E-state index contributed by atoms with van der Waals surface area (Å²) >= 11 is 6.42. The molecule has 0 heterocycles. The van der Waals surface area contributed by atoms with E-state index in [9.17, 15) is 9.90 Å². The second-order valence-corrected chi connectivity index (χ2v) is 6.00. The fourth-order valence-corrected chi connectivity index (χ4v) is 2.92. The Balaban J connectivity index is 2.02. The maximum Gasteiger partial charge on any atom is 0.251 e. The van der Waals surface area contributed by atoms with Gasteiger partial charge < -0.3 is 10.4 Å². The molecule has 5 heteroatoms. The molecule has 2 N–H and O–H groups in total. The molecule has 1 aliphatic carbocycles. The summed E-state index contributed by atoms with van der Waals surface area (Å²) in [6.07, 6.45) is 3.70. The van der Waals surface area contributed by atoms with E-state index in [0.717, 1.165) is 6.54 Å². The number of aromatic hydroxyl groups is 1. The van der Waals surface area contributed by atoms with E-state index in [1.807, 2.05) is 0 Å². The monoisotopic (exact) mass is 361 g/mol. The van der Waals surface area contributed by atoms with Gasteiger partial charge in [0, 0.05) is 12.1 Å². The van der Waals surface area contributed by atoms with Crippen LogP contribution in [0.5, 0.6) is 5.75 Å². The van der Waals surface area contributed by atoms with Crippen LogP contribution in [0.3, 0.4) is 0 Å². The minimum absolute atomic E-state index is 0.0988. The van der Waals surface area contributed by atoms with E-state index in [4.69, 9.17) is 0 Å². The summed E-state index contributed by atoms with van der Waals surface area (Å²) in [7, 11) is 0. The third-order valence-corrected chi connectivity index (χ3v) is 4.26. The minimum atomic E-state index is -0.0988. The third kappa shape index (κ3) is 3.01. The standard InChI is InChI=1S/C12H13Br2NO2/c13-9-4-8(5-10(14)11(9)16)12(17)15-6-7-2-1-3-7/h4-5,7,16H,1-3,6H2,(H,15,17). The van der Waals surface area contributed by atoms with Gasteiger partial charge in [-0.15, -0.1) is 0 Å². The average molecular weight is 363 g/mol. The molecule has 92 valence electrons. The minimum Gasteiger partial charge on any atom is -0.506 e. The Bertz CT molecular complexity index is 421. The summed E-state index contributed by atoms with van der Waals surface area (Å²) in [6, 6.07) is 3.24. The normalized spacial score (nSPS) is 15.4. The van der Waals surface area contributed by atoms with Crippen molar-refractivity contribution in [3.63, 3.8) is 0 Å². The molecule has 0 aromatic heterocycles. The maximum absolute atomic E-state index is 11.9. The highest BCUT2D eigenvalue weighted by Gasteiger charge is 2.19. The van der Waals surface area contributed by atoms with Crippen LogP contribution in [-0.2, 0) is 0 Å². The zero-order chi connectivity index (χ0) is 12.4. The summed E-state index contributed by atoms with van der Waals surface area (Å²) in [5, 5.41) is 12.5. The second-order valence-electron chi connectivity index (χ2n) is 4.30. The third-order valence-electron chi connectivity index (χ3n) is 3.06. The average Bonchev–Trinajstić information content (AvgIpc) is 2.22. The van der Waals surface area contributed by atoms with Gasteiger partial charge in [-0.3, -0.25) is 4.79 Å². The molecule has 0 atom stereocenters. The van der Waals surface area contributed by atoms with Gasteiger partial charge in [0.05, 0.1) is 8.95 Å². The lowest BCUT2D eigenvalue weighted by molar-refractivity contribution is 0.0939. The van der Waals surface area contributed by atoms with Crippen LogP contribution in [0.1, 0.15) is 29.6 Å². The lowest BCUT2D eigenvalue weighted by Gasteiger charge is -2.25.